The highest BCUT2D eigenvalue weighted by Crippen LogP contribution is 2.44. The van der Waals surface area contributed by atoms with E-state index in [4.69, 9.17) is 9.84 Å². The van der Waals surface area contributed by atoms with Crippen LogP contribution in [0.4, 0.5) is 4.79 Å². The van der Waals surface area contributed by atoms with Gasteiger partial charge in [0.1, 0.15) is 23.0 Å². The van der Waals surface area contributed by atoms with E-state index in [0.717, 1.165) is 33.6 Å². The molecule has 0 atom stereocenters. The van der Waals surface area contributed by atoms with Gasteiger partial charge in [-0.05, 0) is 29.2 Å². The molecule has 1 aliphatic carbocycles. The van der Waals surface area contributed by atoms with E-state index in [1.54, 1.807) is 6.92 Å². The summed E-state index contributed by atoms with van der Waals surface area (Å²) >= 11 is 1.01. The molecule has 4 rings (SSSR count). The van der Waals surface area contributed by atoms with Crippen molar-refractivity contribution in [3.63, 3.8) is 0 Å². The molecule has 0 radical (unpaired) electrons. The van der Waals surface area contributed by atoms with E-state index in [9.17, 15) is 14.4 Å². The highest BCUT2D eigenvalue weighted by Gasteiger charge is 2.29. The molecule has 0 fully saturated rings. The number of rotatable bonds is 7. The number of amides is 2. The maximum atomic E-state index is 12.1. The van der Waals surface area contributed by atoms with Crippen LogP contribution in [-0.4, -0.2) is 41.2 Å². The third-order valence-corrected chi connectivity index (χ3v) is 6.35. The first-order chi connectivity index (χ1) is 15.4. The first-order valence-electron chi connectivity index (χ1n) is 9.99. The van der Waals surface area contributed by atoms with Crippen LogP contribution in [0, 0.1) is 6.92 Å². The molecule has 9 heteroatoms. The van der Waals surface area contributed by atoms with Gasteiger partial charge in [0.2, 0.25) is 5.91 Å². The molecule has 0 spiro atoms. The average Bonchev–Trinajstić information content (AvgIpc) is 3.32. The number of fused-ring (bicyclic) bond motifs is 3. The Morgan fingerprint density at radius 1 is 1.03 bits per heavy atom. The summed E-state index contributed by atoms with van der Waals surface area (Å²) in [6.45, 7) is 1.60. The second kappa shape index (κ2) is 9.19. The Balaban J connectivity index is 1.26. The van der Waals surface area contributed by atoms with E-state index in [1.807, 2.05) is 36.4 Å². The zero-order valence-corrected chi connectivity index (χ0v) is 18.1. The van der Waals surface area contributed by atoms with Crippen LogP contribution < -0.4 is 10.6 Å². The lowest BCUT2D eigenvalue weighted by atomic mass is 9.98. The molecule has 0 saturated heterocycles. The highest BCUT2D eigenvalue weighted by molar-refractivity contribution is 7.13. The molecule has 1 aromatic heterocycles. The Hall–Kier alpha value is -3.72. The number of ether oxygens (including phenoxy) is 1. The van der Waals surface area contributed by atoms with Crippen LogP contribution in [0.25, 0.3) is 11.1 Å². The van der Waals surface area contributed by atoms with Gasteiger partial charge in [-0.3, -0.25) is 4.79 Å². The fourth-order valence-electron chi connectivity index (χ4n) is 3.76. The van der Waals surface area contributed by atoms with Crippen LogP contribution in [0.15, 0.2) is 48.5 Å². The number of nitrogens with zero attached hydrogens (tertiary/aromatic N) is 1. The van der Waals surface area contributed by atoms with Crippen molar-refractivity contribution in [2.45, 2.75) is 19.4 Å². The summed E-state index contributed by atoms with van der Waals surface area (Å²) in [5.74, 6) is -1.53. The minimum atomic E-state index is -1.05. The van der Waals surface area contributed by atoms with Crippen molar-refractivity contribution in [3.8, 4) is 11.1 Å². The minimum absolute atomic E-state index is 0.0569. The van der Waals surface area contributed by atoms with E-state index < -0.39 is 18.0 Å². The molecule has 32 heavy (non-hydrogen) atoms. The monoisotopic (exact) mass is 451 g/mol. The number of alkyl carbamates (subject to hydrolysis) is 1. The first kappa shape index (κ1) is 21.5. The number of hydrogen-bond acceptors (Lipinski definition) is 6. The van der Waals surface area contributed by atoms with E-state index in [0.29, 0.717) is 10.7 Å². The third kappa shape index (κ3) is 4.47. The fourth-order valence-corrected chi connectivity index (χ4v) is 4.61. The molecule has 0 aliphatic heterocycles. The maximum Gasteiger partial charge on any atom is 0.407 e. The van der Waals surface area contributed by atoms with Gasteiger partial charge in [0.15, 0.2) is 0 Å². The number of benzene rings is 2. The van der Waals surface area contributed by atoms with Crippen molar-refractivity contribution in [2.75, 3.05) is 13.2 Å². The van der Waals surface area contributed by atoms with E-state index in [-0.39, 0.29) is 30.5 Å². The fraction of sp³-hybridized carbons (Fsp3) is 0.217. The van der Waals surface area contributed by atoms with Gasteiger partial charge < -0.3 is 20.5 Å². The van der Waals surface area contributed by atoms with Crippen molar-refractivity contribution < 1.29 is 24.2 Å². The van der Waals surface area contributed by atoms with Gasteiger partial charge in [0, 0.05) is 5.92 Å². The molecule has 0 bridgehead atoms. The molecular weight excluding hydrogens is 430 g/mol. The molecular formula is C23H21N3O5S. The van der Waals surface area contributed by atoms with E-state index in [2.05, 4.69) is 27.8 Å². The Morgan fingerprint density at radius 2 is 1.66 bits per heavy atom. The Morgan fingerprint density at radius 3 is 2.25 bits per heavy atom. The lowest BCUT2D eigenvalue weighted by Crippen LogP contribution is -2.37. The van der Waals surface area contributed by atoms with E-state index in [1.165, 1.54) is 0 Å². The normalized spacial score (nSPS) is 12.0. The maximum absolute atomic E-state index is 12.1. The number of carbonyl (C=O) groups is 3. The van der Waals surface area contributed by atoms with Gasteiger partial charge >= 0.3 is 12.1 Å². The second-order valence-corrected chi connectivity index (χ2v) is 8.37. The van der Waals surface area contributed by atoms with Gasteiger partial charge in [-0.1, -0.05) is 48.5 Å². The number of hydrogen-bond donors (Lipinski definition) is 3. The van der Waals surface area contributed by atoms with Crippen molar-refractivity contribution in [3.05, 3.63) is 75.2 Å². The molecule has 3 aromatic rings. The molecule has 1 aliphatic rings. The van der Waals surface area contributed by atoms with Gasteiger partial charge in [-0.15, -0.1) is 11.3 Å². The number of aryl methyl sites for hydroxylation is 1. The average molecular weight is 452 g/mol. The topological polar surface area (TPSA) is 118 Å². The number of thiazole rings is 1. The van der Waals surface area contributed by atoms with Crippen LogP contribution >= 0.6 is 11.3 Å². The van der Waals surface area contributed by atoms with Gasteiger partial charge in [-0.25, -0.2) is 14.6 Å². The molecule has 164 valence electrons. The zero-order valence-electron chi connectivity index (χ0n) is 17.3. The summed E-state index contributed by atoms with van der Waals surface area (Å²) in [6, 6.07) is 16.1. The molecule has 8 nitrogen and oxygen atoms in total. The summed E-state index contributed by atoms with van der Waals surface area (Å²) in [5.41, 5.74) is 4.90. The summed E-state index contributed by atoms with van der Waals surface area (Å²) in [4.78, 5) is 39.5. The number of aromatic carboxylic acids is 1. The molecule has 2 amide bonds. The highest BCUT2D eigenvalue weighted by atomic mass is 32.1. The van der Waals surface area contributed by atoms with Gasteiger partial charge in [0.05, 0.1) is 12.2 Å². The van der Waals surface area contributed by atoms with Gasteiger partial charge in [0.25, 0.3) is 0 Å². The summed E-state index contributed by atoms with van der Waals surface area (Å²) < 4.78 is 5.39. The van der Waals surface area contributed by atoms with Gasteiger partial charge in [-0.2, -0.15) is 0 Å². The summed E-state index contributed by atoms with van der Waals surface area (Å²) in [5, 5.41) is 14.6. The van der Waals surface area contributed by atoms with Crippen LogP contribution in [0.1, 0.15) is 37.4 Å². The quantitative estimate of drug-likeness (QED) is 0.507. The Labute approximate surface area is 188 Å². The molecule has 3 N–H and O–H groups in total. The van der Waals surface area contributed by atoms with Crippen LogP contribution in [0.2, 0.25) is 0 Å². The standard InChI is InChI=1S/C23H21N3O5S/c1-13-21(22(28)29)32-20(26-13)11-24-19(27)10-25-23(30)31-12-18-16-8-4-2-6-14(16)15-7-3-5-9-17(15)18/h2-9,18H,10-12H2,1H3,(H,24,27)(H,25,30)(H,28,29). The smallest absolute Gasteiger partial charge is 0.407 e. The largest absolute Gasteiger partial charge is 0.477 e. The first-order valence-corrected chi connectivity index (χ1v) is 10.8. The number of aromatic nitrogens is 1. The van der Waals surface area contributed by atoms with Crippen molar-refractivity contribution in [2.24, 2.45) is 0 Å². The number of nitrogens with one attached hydrogen (secondary N) is 2. The SMILES string of the molecule is Cc1nc(CNC(=O)CNC(=O)OCC2c3ccccc3-c3ccccc32)sc1C(=O)O. The minimum Gasteiger partial charge on any atom is -0.477 e. The second-order valence-electron chi connectivity index (χ2n) is 7.28. The lowest BCUT2D eigenvalue weighted by molar-refractivity contribution is -0.120. The lowest BCUT2D eigenvalue weighted by Gasteiger charge is -2.14. The third-order valence-electron chi connectivity index (χ3n) is 5.21. The van der Waals surface area contributed by atoms with Crippen molar-refractivity contribution in [1.29, 1.82) is 0 Å². The molecule has 1 heterocycles. The van der Waals surface area contributed by atoms with Crippen LogP contribution in [0.3, 0.4) is 0 Å². The van der Waals surface area contributed by atoms with Crippen LogP contribution in [0.5, 0.6) is 0 Å². The van der Waals surface area contributed by atoms with Crippen LogP contribution in [-0.2, 0) is 16.1 Å². The van der Waals surface area contributed by atoms with Crippen molar-refractivity contribution >= 4 is 29.3 Å². The molecule has 2 aromatic carbocycles. The molecule has 0 saturated carbocycles. The van der Waals surface area contributed by atoms with E-state index >= 15 is 0 Å². The predicted octanol–water partition coefficient (Wildman–Crippen LogP) is 3.30. The number of carboxylic acid groups (broad SMARTS) is 1. The molecule has 0 unspecified atom stereocenters. The Kier molecular flexibility index (Phi) is 6.18. The number of carboxylic acids is 1. The number of carbonyl (C=O) groups excluding carboxylic acids is 2. The zero-order chi connectivity index (χ0) is 22.7. The predicted molar refractivity (Wildman–Crippen MR) is 119 cm³/mol. The summed E-state index contributed by atoms with van der Waals surface area (Å²) in [7, 11) is 0. The summed E-state index contributed by atoms with van der Waals surface area (Å²) in [6.07, 6.45) is -0.680. The Bertz CT molecular complexity index is 1140. The van der Waals surface area contributed by atoms with Crippen molar-refractivity contribution in [1.82, 2.24) is 15.6 Å².